The smallest absolute Gasteiger partial charge is 0.268 e. The average Bonchev–Trinajstić information content (AvgIpc) is 3.30. The average molecular weight is 456 g/mol. The van der Waals surface area contributed by atoms with Crippen LogP contribution in [0.5, 0.6) is 0 Å². The van der Waals surface area contributed by atoms with Crippen LogP contribution in [0.15, 0.2) is 17.0 Å². The van der Waals surface area contributed by atoms with Gasteiger partial charge in [-0.25, -0.2) is 4.98 Å². The standard InChI is InChI=1S/C24H33N5O2S/c1-16-6-8-28(9-7-16)13-22-15-32-24(26-22)27-23(30)21(12-25)11-20-10-17(2)29(19(20)4)18(3)14-31-5/h10-11,15-16,18H,6-9,13-14H2,1-5H3,(H,26,27,30)/b21-11-. The normalized spacial score (nSPS) is 16.7. The second-order valence-electron chi connectivity index (χ2n) is 8.73. The van der Waals surface area contributed by atoms with Crippen LogP contribution in [0, 0.1) is 31.1 Å². The van der Waals surface area contributed by atoms with Crippen LogP contribution >= 0.6 is 11.3 Å². The molecule has 1 N–H and O–H groups in total. The molecule has 3 rings (SSSR count). The number of aryl methyl sites for hydroxylation is 1. The Morgan fingerprint density at radius 2 is 2.16 bits per heavy atom. The summed E-state index contributed by atoms with van der Waals surface area (Å²) in [5, 5.41) is 14.9. The monoisotopic (exact) mass is 455 g/mol. The Balaban J connectivity index is 1.68. The fourth-order valence-electron chi connectivity index (χ4n) is 4.30. The van der Waals surface area contributed by atoms with E-state index in [1.807, 2.05) is 31.4 Å². The molecule has 2 aromatic rings. The molecule has 1 aliphatic heterocycles. The van der Waals surface area contributed by atoms with Crippen molar-refractivity contribution in [3.05, 3.63) is 39.7 Å². The largest absolute Gasteiger partial charge is 0.383 e. The van der Waals surface area contributed by atoms with Crippen molar-refractivity contribution in [2.24, 2.45) is 5.92 Å². The van der Waals surface area contributed by atoms with E-state index >= 15 is 0 Å². The van der Waals surface area contributed by atoms with Crippen LogP contribution in [0.2, 0.25) is 0 Å². The number of carbonyl (C=O) groups is 1. The van der Waals surface area contributed by atoms with Gasteiger partial charge in [-0.15, -0.1) is 11.3 Å². The zero-order valence-electron chi connectivity index (χ0n) is 19.6. The third kappa shape index (κ3) is 5.85. The van der Waals surface area contributed by atoms with Crippen LogP contribution in [0.4, 0.5) is 5.13 Å². The highest BCUT2D eigenvalue weighted by molar-refractivity contribution is 7.14. The molecule has 2 aromatic heterocycles. The van der Waals surface area contributed by atoms with Gasteiger partial charge in [0.15, 0.2) is 5.13 Å². The number of carbonyl (C=O) groups excluding carboxylic acids is 1. The molecule has 0 saturated carbocycles. The molecule has 32 heavy (non-hydrogen) atoms. The Morgan fingerprint density at radius 3 is 2.81 bits per heavy atom. The van der Waals surface area contributed by atoms with E-state index in [1.165, 1.54) is 24.2 Å². The molecule has 1 aliphatic rings. The molecule has 7 nitrogen and oxygen atoms in total. The van der Waals surface area contributed by atoms with Gasteiger partial charge in [0.05, 0.1) is 18.3 Å². The molecule has 1 saturated heterocycles. The van der Waals surface area contributed by atoms with Gasteiger partial charge in [0.2, 0.25) is 0 Å². The second kappa shape index (κ2) is 10.9. The maximum atomic E-state index is 12.8. The predicted molar refractivity (Wildman–Crippen MR) is 129 cm³/mol. The van der Waals surface area contributed by atoms with Gasteiger partial charge >= 0.3 is 0 Å². The number of anilines is 1. The SMILES string of the molecule is COCC(C)n1c(C)cc(/C=C(/C#N)C(=O)Nc2nc(CN3CCC(C)CC3)cs2)c1C. The number of hydrogen-bond donors (Lipinski definition) is 1. The first-order valence-electron chi connectivity index (χ1n) is 11.1. The number of amides is 1. The maximum Gasteiger partial charge on any atom is 0.268 e. The molecule has 0 spiro atoms. The number of methoxy groups -OCH3 is 1. The molecule has 1 fully saturated rings. The highest BCUT2D eigenvalue weighted by Crippen LogP contribution is 2.24. The van der Waals surface area contributed by atoms with Crippen molar-refractivity contribution in [2.45, 2.75) is 53.1 Å². The first-order valence-corrected chi connectivity index (χ1v) is 12.0. The Kier molecular flexibility index (Phi) is 8.24. The van der Waals surface area contributed by atoms with Crippen LogP contribution in [0.1, 0.15) is 55.4 Å². The van der Waals surface area contributed by atoms with Gasteiger partial charge in [-0.1, -0.05) is 6.92 Å². The number of thiazole rings is 1. The summed E-state index contributed by atoms with van der Waals surface area (Å²) in [6, 6.07) is 4.20. The predicted octanol–water partition coefficient (Wildman–Crippen LogP) is 4.55. The molecule has 0 aromatic carbocycles. The van der Waals surface area contributed by atoms with E-state index in [1.54, 1.807) is 13.2 Å². The maximum absolute atomic E-state index is 12.8. The van der Waals surface area contributed by atoms with Gasteiger partial charge in [-0.05, 0) is 70.3 Å². The minimum absolute atomic E-state index is 0.0615. The van der Waals surface area contributed by atoms with E-state index in [2.05, 4.69) is 33.6 Å². The van der Waals surface area contributed by atoms with Gasteiger partial charge in [0.1, 0.15) is 11.6 Å². The van der Waals surface area contributed by atoms with Gasteiger partial charge < -0.3 is 9.30 Å². The molecule has 1 atom stereocenters. The van der Waals surface area contributed by atoms with Crippen molar-refractivity contribution < 1.29 is 9.53 Å². The fourth-order valence-corrected chi connectivity index (χ4v) is 4.99. The summed E-state index contributed by atoms with van der Waals surface area (Å²) >= 11 is 1.40. The number of likely N-dealkylation sites (tertiary alicyclic amines) is 1. The van der Waals surface area contributed by atoms with Crippen LogP contribution in [-0.2, 0) is 16.1 Å². The summed E-state index contributed by atoms with van der Waals surface area (Å²) in [7, 11) is 1.68. The van der Waals surface area contributed by atoms with Gasteiger partial charge in [-0.2, -0.15) is 5.26 Å². The van der Waals surface area contributed by atoms with E-state index < -0.39 is 5.91 Å². The minimum atomic E-state index is -0.435. The zero-order chi connectivity index (χ0) is 23.3. The van der Waals surface area contributed by atoms with Crippen molar-refractivity contribution in [3.8, 4) is 6.07 Å². The van der Waals surface area contributed by atoms with Crippen LogP contribution in [0.3, 0.4) is 0 Å². The van der Waals surface area contributed by atoms with Crippen molar-refractivity contribution >= 4 is 28.5 Å². The van der Waals surface area contributed by atoms with E-state index in [0.717, 1.165) is 48.2 Å². The van der Waals surface area contributed by atoms with Crippen LogP contribution in [0.25, 0.3) is 6.08 Å². The van der Waals surface area contributed by atoms with E-state index in [-0.39, 0.29) is 11.6 Å². The highest BCUT2D eigenvalue weighted by Gasteiger charge is 2.19. The third-order valence-electron chi connectivity index (χ3n) is 6.07. The van der Waals surface area contributed by atoms with Crippen molar-refractivity contribution in [1.82, 2.24) is 14.5 Å². The Hall–Kier alpha value is -2.47. The highest BCUT2D eigenvalue weighted by atomic mass is 32.1. The number of rotatable bonds is 8. The molecule has 3 heterocycles. The third-order valence-corrected chi connectivity index (χ3v) is 6.88. The number of nitriles is 1. The lowest BCUT2D eigenvalue weighted by molar-refractivity contribution is -0.112. The Bertz CT molecular complexity index is 1010. The quantitative estimate of drug-likeness (QED) is 0.466. The summed E-state index contributed by atoms with van der Waals surface area (Å²) in [5.74, 6) is 0.357. The number of piperidine rings is 1. The van der Waals surface area contributed by atoms with Gasteiger partial charge in [0, 0.05) is 30.4 Å². The lowest BCUT2D eigenvalue weighted by atomic mass is 9.99. The number of ether oxygens (including phenoxy) is 1. The lowest BCUT2D eigenvalue weighted by Gasteiger charge is -2.29. The molecule has 0 bridgehead atoms. The lowest BCUT2D eigenvalue weighted by Crippen LogP contribution is -2.32. The summed E-state index contributed by atoms with van der Waals surface area (Å²) in [6.07, 6.45) is 4.08. The van der Waals surface area contributed by atoms with Crippen molar-refractivity contribution in [1.29, 1.82) is 5.26 Å². The molecule has 1 amide bonds. The van der Waals surface area contributed by atoms with Crippen molar-refractivity contribution in [3.63, 3.8) is 0 Å². The second-order valence-corrected chi connectivity index (χ2v) is 9.59. The number of nitrogens with one attached hydrogen (secondary N) is 1. The molecule has 0 radical (unpaired) electrons. The first-order chi connectivity index (χ1) is 15.3. The zero-order valence-corrected chi connectivity index (χ0v) is 20.5. The van der Waals surface area contributed by atoms with E-state index in [9.17, 15) is 10.1 Å². The minimum Gasteiger partial charge on any atom is -0.383 e. The number of aromatic nitrogens is 2. The topological polar surface area (TPSA) is 83.2 Å². The molecule has 1 unspecified atom stereocenters. The molecule has 0 aliphatic carbocycles. The fraction of sp³-hybridized carbons (Fsp3) is 0.542. The molecule has 172 valence electrons. The first kappa shape index (κ1) is 24.2. The van der Waals surface area contributed by atoms with Crippen LogP contribution < -0.4 is 5.32 Å². The van der Waals surface area contributed by atoms with Gasteiger partial charge in [-0.3, -0.25) is 15.0 Å². The van der Waals surface area contributed by atoms with Crippen molar-refractivity contribution in [2.75, 3.05) is 32.1 Å². The Morgan fingerprint density at radius 1 is 1.44 bits per heavy atom. The van der Waals surface area contributed by atoms with Gasteiger partial charge in [0.25, 0.3) is 5.91 Å². The van der Waals surface area contributed by atoms with Crippen LogP contribution in [-0.4, -0.2) is 47.2 Å². The Labute approximate surface area is 194 Å². The summed E-state index contributed by atoms with van der Waals surface area (Å²) in [5.41, 5.74) is 3.94. The number of hydrogen-bond acceptors (Lipinski definition) is 6. The molecular formula is C24H33N5O2S. The molecule has 8 heteroatoms. The molecular weight excluding hydrogens is 422 g/mol. The van der Waals surface area contributed by atoms with E-state index in [4.69, 9.17) is 4.74 Å². The summed E-state index contributed by atoms with van der Waals surface area (Å²) in [4.78, 5) is 19.7. The van der Waals surface area contributed by atoms with E-state index in [0.29, 0.717) is 11.7 Å². The summed E-state index contributed by atoms with van der Waals surface area (Å²) < 4.78 is 7.44. The number of nitrogens with zero attached hydrogens (tertiary/aromatic N) is 4. The summed E-state index contributed by atoms with van der Waals surface area (Å²) in [6.45, 7) is 12.0.